The molecule has 3 heterocycles. The Hall–Kier alpha value is -2.31. The van der Waals surface area contributed by atoms with Crippen molar-refractivity contribution in [2.45, 2.75) is 6.61 Å². The summed E-state index contributed by atoms with van der Waals surface area (Å²) in [5.74, 6) is 1.40. The molecule has 2 N–H and O–H groups in total. The Kier molecular flexibility index (Phi) is 3.67. The van der Waals surface area contributed by atoms with Crippen LogP contribution in [0.4, 0.5) is 11.6 Å². The molecule has 0 spiro atoms. The van der Waals surface area contributed by atoms with Crippen molar-refractivity contribution < 1.29 is 5.11 Å². The molecule has 0 amide bonds. The monoisotopic (exact) mass is 284 g/mol. The molecule has 3 rings (SSSR count). The molecule has 0 aliphatic rings. The predicted octanol–water partition coefficient (Wildman–Crippen LogP) is 2.84. The number of pyridine rings is 2. The smallest absolute Gasteiger partial charge is 0.141 e. The van der Waals surface area contributed by atoms with Crippen molar-refractivity contribution in [2.24, 2.45) is 0 Å². The van der Waals surface area contributed by atoms with Crippen molar-refractivity contribution in [3.05, 3.63) is 53.7 Å². The minimum atomic E-state index is -0.00887. The van der Waals surface area contributed by atoms with E-state index in [4.69, 9.17) is 5.11 Å². The molecule has 0 saturated carbocycles. The lowest BCUT2D eigenvalue weighted by molar-refractivity contribution is 0.281. The number of aromatic nitrogens is 3. The second-order valence-electron chi connectivity index (χ2n) is 4.08. The predicted molar refractivity (Wildman–Crippen MR) is 78.8 cm³/mol. The van der Waals surface area contributed by atoms with Gasteiger partial charge < -0.3 is 10.4 Å². The fourth-order valence-electron chi connectivity index (χ4n) is 1.70. The SMILES string of the molecule is OCc1ccc(Nc2cccc(-c3nccs3)n2)nc1. The Morgan fingerprint density at radius 2 is 2.05 bits per heavy atom. The van der Waals surface area contributed by atoms with Crippen LogP contribution in [0.5, 0.6) is 0 Å². The van der Waals surface area contributed by atoms with Crippen LogP contribution in [0, 0.1) is 0 Å². The van der Waals surface area contributed by atoms with Crippen molar-refractivity contribution in [1.82, 2.24) is 15.0 Å². The summed E-state index contributed by atoms with van der Waals surface area (Å²) < 4.78 is 0. The van der Waals surface area contributed by atoms with Gasteiger partial charge in [0.2, 0.25) is 0 Å². The highest BCUT2D eigenvalue weighted by molar-refractivity contribution is 7.13. The normalized spacial score (nSPS) is 10.4. The number of rotatable bonds is 4. The van der Waals surface area contributed by atoms with E-state index in [0.29, 0.717) is 11.6 Å². The van der Waals surface area contributed by atoms with Gasteiger partial charge in [-0.1, -0.05) is 12.1 Å². The molecule has 0 saturated heterocycles. The third-order valence-corrected chi connectivity index (χ3v) is 3.46. The van der Waals surface area contributed by atoms with Gasteiger partial charge in [0.25, 0.3) is 0 Å². The van der Waals surface area contributed by atoms with Crippen LogP contribution in [0.25, 0.3) is 10.7 Å². The lowest BCUT2D eigenvalue weighted by Gasteiger charge is -2.06. The minimum absolute atomic E-state index is 0.00887. The molecule has 20 heavy (non-hydrogen) atoms. The van der Waals surface area contributed by atoms with E-state index in [9.17, 15) is 0 Å². The molecule has 6 heteroatoms. The summed E-state index contributed by atoms with van der Waals surface area (Å²) in [7, 11) is 0. The zero-order valence-electron chi connectivity index (χ0n) is 10.5. The first-order chi connectivity index (χ1) is 9.85. The Morgan fingerprint density at radius 1 is 1.10 bits per heavy atom. The Labute approximate surface area is 120 Å². The van der Waals surface area contributed by atoms with E-state index in [1.165, 1.54) is 0 Å². The molecule has 0 radical (unpaired) electrons. The fourth-order valence-corrected chi connectivity index (χ4v) is 2.30. The van der Waals surface area contributed by atoms with E-state index in [-0.39, 0.29) is 6.61 Å². The number of aliphatic hydroxyl groups excluding tert-OH is 1. The maximum atomic E-state index is 8.98. The van der Waals surface area contributed by atoms with Crippen LogP contribution in [0.15, 0.2) is 48.1 Å². The molecule has 0 aromatic carbocycles. The van der Waals surface area contributed by atoms with E-state index in [1.54, 1.807) is 23.7 Å². The zero-order valence-corrected chi connectivity index (χ0v) is 11.3. The van der Waals surface area contributed by atoms with Gasteiger partial charge in [-0.15, -0.1) is 11.3 Å². The summed E-state index contributed by atoms with van der Waals surface area (Å²) in [6.45, 7) is -0.00887. The van der Waals surface area contributed by atoms with Gasteiger partial charge in [0, 0.05) is 17.8 Å². The average molecular weight is 284 g/mol. The van der Waals surface area contributed by atoms with Crippen LogP contribution in [0.1, 0.15) is 5.56 Å². The van der Waals surface area contributed by atoms with Gasteiger partial charge in [-0.05, 0) is 23.8 Å². The van der Waals surface area contributed by atoms with Gasteiger partial charge in [-0.25, -0.2) is 15.0 Å². The lowest BCUT2D eigenvalue weighted by atomic mass is 10.3. The van der Waals surface area contributed by atoms with Crippen LogP contribution in [-0.2, 0) is 6.61 Å². The number of nitrogens with zero attached hydrogens (tertiary/aromatic N) is 3. The maximum absolute atomic E-state index is 8.98. The van der Waals surface area contributed by atoms with Crippen molar-refractivity contribution in [2.75, 3.05) is 5.32 Å². The Morgan fingerprint density at radius 3 is 2.75 bits per heavy atom. The van der Waals surface area contributed by atoms with Crippen LogP contribution in [0.2, 0.25) is 0 Å². The molecule has 0 atom stereocenters. The molecule has 100 valence electrons. The van der Waals surface area contributed by atoms with E-state index < -0.39 is 0 Å². The number of nitrogens with one attached hydrogen (secondary N) is 1. The third-order valence-electron chi connectivity index (χ3n) is 2.66. The van der Waals surface area contributed by atoms with Gasteiger partial charge in [0.1, 0.15) is 22.3 Å². The quantitative estimate of drug-likeness (QED) is 0.771. The van der Waals surface area contributed by atoms with Gasteiger partial charge >= 0.3 is 0 Å². The van der Waals surface area contributed by atoms with Gasteiger partial charge in [0.15, 0.2) is 0 Å². The first-order valence-electron chi connectivity index (χ1n) is 6.05. The molecule has 0 aliphatic carbocycles. The molecule has 3 aromatic heterocycles. The summed E-state index contributed by atoms with van der Waals surface area (Å²) >= 11 is 1.55. The highest BCUT2D eigenvalue weighted by atomic mass is 32.1. The Bertz CT molecular complexity index is 683. The zero-order chi connectivity index (χ0) is 13.8. The van der Waals surface area contributed by atoms with Crippen LogP contribution < -0.4 is 5.32 Å². The number of hydrogen-bond acceptors (Lipinski definition) is 6. The topological polar surface area (TPSA) is 70.9 Å². The Balaban J connectivity index is 1.82. The van der Waals surface area contributed by atoms with Crippen molar-refractivity contribution in [1.29, 1.82) is 0 Å². The largest absolute Gasteiger partial charge is 0.392 e. The summed E-state index contributed by atoms with van der Waals surface area (Å²) in [6, 6.07) is 9.35. The summed E-state index contributed by atoms with van der Waals surface area (Å²) in [4.78, 5) is 13.0. The van der Waals surface area contributed by atoms with Crippen molar-refractivity contribution >= 4 is 23.0 Å². The molecule has 3 aromatic rings. The number of hydrogen-bond donors (Lipinski definition) is 2. The second-order valence-corrected chi connectivity index (χ2v) is 4.97. The minimum Gasteiger partial charge on any atom is -0.392 e. The molecule has 0 bridgehead atoms. The summed E-state index contributed by atoms with van der Waals surface area (Å²) in [5, 5.41) is 14.9. The van der Waals surface area contributed by atoms with E-state index >= 15 is 0 Å². The molecule has 0 aliphatic heterocycles. The van der Waals surface area contributed by atoms with Crippen LogP contribution in [-0.4, -0.2) is 20.1 Å². The summed E-state index contributed by atoms with van der Waals surface area (Å²) in [5.41, 5.74) is 1.61. The van der Waals surface area contributed by atoms with Gasteiger partial charge in [-0.2, -0.15) is 0 Å². The third kappa shape index (κ3) is 2.81. The first kappa shape index (κ1) is 12.7. The number of aliphatic hydroxyl groups is 1. The van der Waals surface area contributed by atoms with Crippen LogP contribution >= 0.6 is 11.3 Å². The van der Waals surface area contributed by atoms with Crippen LogP contribution in [0.3, 0.4) is 0 Å². The molecule has 0 fully saturated rings. The van der Waals surface area contributed by atoms with E-state index in [2.05, 4.69) is 20.3 Å². The fraction of sp³-hybridized carbons (Fsp3) is 0.0714. The summed E-state index contributed by atoms with van der Waals surface area (Å²) in [6.07, 6.45) is 3.39. The highest BCUT2D eigenvalue weighted by Crippen LogP contribution is 2.22. The van der Waals surface area contributed by atoms with Crippen molar-refractivity contribution in [3.8, 4) is 10.7 Å². The van der Waals surface area contributed by atoms with E-state index in [1.807, 2.05) is 35.7 Å². The van der Waals surface area contributed by atoms with Gasteiger partial charge in [0.05, 0.1) is 6.61 Å². The van der Waals surface area contributed by atoms with Gasteiger partial charge in [-0.3, -0.25) is 0 Å². The highest BCUT2D eigenvalue weighted by Gasteiger charge is 2.04. The standard InChI is InChI=1S/C14H12N4OS/c19-9-10-4-5-12(16-8-10)18-13-3-1-2-11(17-13)14-15-6-7-20-14/h1-8,19H,9H2,(H,16,17,18). The lowest BCUT2D eigenvalue weighted by Crippen LogP contribution is -1.97. The molecular weight excluding hydrogens is 272 g/mol. The van der Waals surface area contributed by atoms with E-state index in [0.717, 1.165) is 16.3 Å². The van der Waals surface area contributed by atoms with Crippen molar-refractivity contribution in [3.63, 3.8) is 0 Å². The number of anilines is 2. The molecule has 0 unspecified atom stereocenters. The first-order valence-corrected chi connectivity index (χ1v) is 6.93. The number of thiazole rings is 1. The second kappa shape index (κ2) is 5.77. The molecular formula is C14H12N4OS. The average Bonchev–Trinajstić information content (AvgIpc) is 3.03. The molecule has 5 nitrogen and oxygen atoms in total. The maximum Gasteiger partial charge on any atom is 0.141 e.